The number of urea groups is 1. The van der Waals surface area contributed by atoms with E-state index in [0.29, 0.717) is 6.04 Å². The van der Waals surface area contributed by atoms with Crippen molar-refractivity contribution >= 4 is 17.8 Å². The maximum absolute atomic E-state index is 11.9. The molecular formula is C13H26N2OS. The van der Waals surface area contributed by atoms with Gasteiger partial charge in [-0.3, -0.25) is 0 Å². The summed E-state index contributed by atoms with van der Waals surface area (Å²) in [5, 5.41) is 3.04. The van der Waals surface area contributed by atoms with Crippen LogP contribution in [0.25, 0.3) is 0 Å². The number of unbranched alkanes of at least 4 members (excludes halogenated alkanes) is 2. The van der Waals surface area contributed by atoms with E-state index in [1.807, 2.05) is 16.7 Å². The summed E-state index contributed by atoms with van der Waals surface area (Å²) in [5.74, 6) is 1.23. The largest absolute Gasteiger partial charge is 0.338 e. The van der Waals surface area contributed by atoms with Crippen LogP contribution >= 0.6 is 11.8 Å². The maximum Gasteiger partial charge on any atom is 0.317 e. The molecule has 0 aromatic rings. The summed E-state index contributed by atoms with van der Waals surface area (Å²) in [7, 11) is 0. The number of carbonyl (C=O) groups excluding carboxylic acids is 1. The van der Waals surface area contributed by atoms with E-state index in [2.05, 4.69) is 18.5 Å². The quantitative estimate of drug-likeness (QED) is 0.743. The molecule has 0 bridgehead atoms. The molecular weight excluding hydrogens is 232 g/mol. The highest BCUT2D eigenvalue weighted by Crippen LogP contribution is 2.16. The number of nitrogens with zero attached hydrogens (tertiary/aromatic N) is 1. The molecule has 1 fully saturated rings. The van der Waals surface area contributed by atoms with Gasteiger partial charge in [-0.15, -0.1) is 0 Å². The van der Waals surface area contributed by atoms with E-state index < -0.39 is 0 Å². The highest BCUT2D eigenvalue weighted by Gasteiger charge is 2.22. The van der Waals surface area contributed by atoms with E-state index in [-0.39, 0.29) is 6.03 Å². The Morgan fingerprint density at radius 3 is 2.88 bits per heavy atom. The van der Waals surface area contributed by atoms with E-state index in [4.69, 9.17) is 0 Å². The fraction of sp³-hybridized carbons (Fsp3) is 0.923. The average molecular weight is 258 g/mol. The molecule has 0 radical (unpaired) electrons. The molecule has 100 valence electrons. The zero-order valence-electron chi connectivity index (χ0n) is 11.2. The molecule has 1 aliphatic rings. The lowest BCUT2D eigenvalue weighted by Crippen LogP contribution is -2.47. The molecule has 17 heavy (non-hydrogen) atoms. The van der Waals surface area contributed by atoms with Crippen LogP contribution in [-0.2, 0) is 0 Å². The van der Waals surface area contributed by atoms with Crippen LogP contribution in [0.2, 0.25) is 0 Å². The first-order valence-corrected chi connectivity index (χ1v) is 8.18. The van der Waals surface area contributed by atoms with E-state index in [9.17, 15) is 4.79 Å². The zero-order valence-corrected chi connectivity index (χ0v) is 12.0. The highest BCUT2D eigenvalue weighted by molar-refractivity contribution is 7.98. The van der Waals surface area contributed by atoms with Gasteiger partial charge in [0.05, 0.1) is 0 Å². The Morgan fingerprint density at radius 2 is 2.18 bits per heavy atom. The summed E-state index contributed by atoms with van der Waals surface area (Å²) in [6.07, 6.45) is 9.30. The number of rotatable bonds is 6. The summed E-state index contributed by atoms with van der Waals surface area (Å²) in [4.78, 5) is 13.9. The third-order valence-corrected chi connectivity index (χ3v) is 4.06. The van der Waals surface area contributed by atoms with Crippen LogP contribution < -0.4 is 5.32 Å². The van der Waals surface area contributed by atoms with Gasteiger partial charge in [0, 0.05) is 19.1 Å². The number of piperidine rings is 1. The van der Waals surface area contributed by atoms with Crippen molar-refractivity contribution in [1.29, 1.82) is 0 Å². The Kier molecular flexibility index (Phi) is 7.49. The molecule has 1 rings (SSSR count). The Morgan fingerprint density at radius 1 is 1.35 bits per heavy atom. The van der Waals surface area contributed by atoms with E-state index in [1.54, 1.807) is 0 Å². The predicted molar refractivity (Wildman–Crippen MR) is 75.7 cm³/mol. The minimum Gasteiger partial charge on any atom is -0.338 e. The van der Waals surface area contributed by atoms with Gasteiger partial charge >= 0.3 is 6.03 Å². The molecule has 4 heteroatoms. The predicted octanol–water partition coefficient (Wildman–Crippen LogP) is 3.10. The van der Waals surface area contributed by atoms with Gasteiger partial charge < -0.3 is 10.2 Å². The van der Waals surface area contributed by atoms with Gasteiger partial charge in [0.2, 0.25) is 0 Å². The number of thioether (sulfide) groups is 1. The number of likely N-dealkylation sites (tertiary alicyclic amines) is 1. The lowest BCUT2D eigenvalue weighted by Gasteiger charge is -2.33. The first-order chi connectivity index (χ1) is 8.25. The van der Waals surface area contributed by atoms with Crippen LogP contribution in [0.1, 0.15) is 45.4 Å². The van der Waals surface area contributed by atoms with Crippen molar-refractivity contribution in [2.45, 2.75) is 51.5 Å². The molecule has 0 spiro atoms. The molecule has 1 N–H and O–H groups in total. The fourth-order valence-electron chi connectivity index (χ4n) is 2.24. The second-order valence-corrected chi connectivity index (χ2v) is 5.81. The van der Waals surface area contributed by atoms with E-state index in [0.717, 1.165) is 32.4 Å². The van der Waals surface area contributed by atoms with Gasteiger partial charge in [0.25, 0.3) is 0 Å². The van der Waals surface area contributed by atoms with Crippen LogP contribution in [0.5, 0.6) is 0 Å². The third-order valence-electron chi connectivity index (χ3n) is 3.37. The SMILES string of the molecule is CSCCCCCNC(=O)N1CCCC[C@H]1C. The summed E-state index contributed by atoms with van der Waals surface area (Å²) in [5.41, 5.74) is 0. The molecule has 0 aromatic heterocycles. The molecule has 0 unspecified atom stereocenters. The smallest absolute Gasteiger partial charge is 0.317 e. The molecule has 0 aromatic carbocycles. The molecule has 1 aliphatic heterocycles. The lowest BCUT2D eigenvalue weighted by atomic mass is 10.0. The Hall–Kier alpha value is -0.380. The van der Waals surface area contributed by atoms with Gasteiger partial charge in [-0.05, 0) is 51.0 Å². The van der Waals surface area contributed by atoms with Crippen molar-refractivity contribution in [1.82, 2.24) is 10.2 Å². The van der Waals surface area contributed by atoms with Gasteiger partial charge in [-0.25, -0.2) is 4.79 Å². The molecule has 3 nitrogen and oxygen atoms in total. The van der Waals surface area contributed by atoms with Crippen LogP contribution in [0.15, 0.2) is 0 Å². The van der Waals surface area contributed by atoms with Crippen LogP contribution in [0, 0.1) is 0 Å². The third kappa shape index (κ3) is 5.66. The van der Waals surface area contributed by atoms with Crippen molar-refractivity contribution in [3.05, 3.63) is 0 Å². The molecule has 1 saturated heterocycles. The van der Waals surface area contributed by atoms with Crippen molar-refractivity contribution in [3.8, 4) is 0 Å². The number of nitrogens with one attached hydrogen (secondary N) is 1. The normalized spacial score (nSPS) is 20.4. The van der Waals surface area contributed by atoms with Crippen molar-refractivity contribution in [2.24, 2.45) is 0 Å². The van der Waals surface area contributed by atoms with Gasteiger partial charge in [-0.1, -0.05) is 6.42 Å². The molecule has 1 heterocycles. The van der Waals surface area contributed by atoms with E-state index in [1.165, 1.54) is 25.0 Å². The van der Waals surface area contributed by atoms with E-state index >= 15 is 0 Å². The Bertz CT molecular complexity index is 223. The number of hydrogen-bond donors (Lipinski definition) is 1. The minimum atomic E-state index is 0.141. The Labute approximate surface area is 110 Å². The number of carbonyl (C=O) groups is 1. The van der Waals surface area contributed by atoms with Gasteiger partial charge in [0.15, 0.2) is 0 Å². The van der Waals surface area contributed by atoms with Crippen LogP contribution in [0.3, 0.4) is 0 Å². The summed E-state index contributed by atoms with van der Waals surface area (Å²) < 4.78 is 0. The topological polar surface area (TPSA) is 32.3 Å². The standard InChI is InChI=1S/C13H26N2OS/c1-12-8-4-6-10-15(12)13(16)14-9-5-3-7-11-17-2/h12H,3-11H2,1-2H3,(H,14,16)/t12-/m1/s1. The van der Waals surface area contributed by atoms with Gasteiger partial charge in [-0.2, -0.15) is 11.8 Å². The van der Waals surface area contributed by atoms with Crippen LogP contribution in [-0.4, -0.2) is 42.1 Å². The fourth-order valence-corrected chi connectivity index (χ4v) is 2.74. The Balaban J connectivity index is 2.07. The zero-order chi connectivity index (χ0) is 12.5. The monoisotopic (exact) mass is 258 g/mol. The number of hydrogen-bond acceptors (Lipinski definition) is 2. The lowest BCUT2D eigenvalue weighted by molar-refractivity contribution is 0.158. The van der Waals surface area contributed by atoms with Crippen molar-refractivity contribution < 1.29 is 4.79 Å². The van der Waals surface area contributed by atoms with Crippen LogP contribution in [0.4, 0.5) is 4.79 Å². The highest BCUT2D eigenvalue weighted by atomic mass is 32.2. The molecule has 0 saturated carbocycles. The van der Waals surface area contributed by atoms with Crippen molar-refractivity contribution in [2.75, 3.05) is 25.1 Å². The second-order valence-electron chi connectivity index (χ2n) is 4.82. The summed E-state index contributed by atoms with van der Waals surface area (Å²) in [6.45, 7) is 3.91. The molecule has 1 atom stereocenters. The molecule has 0 aliphatic carbocycles. The molecule has 2 amide bonds. The van der Waals surface area contributed by atoms with Crippen molar-refractivity contribution in [3.63, 3.8) is 0 Å². The van der Waals surface area contributed by atoms with Gasteiger partial charge in [0.1, 0.15) is 0 Å². The number of amides is 2. The maximum atomic E-state index is 11.9. The average Bonchev–Trinajstić information content (AvgIpc) is 2.34. The minimum absolute atomic E-state index is 0.141. The summed E-state index contributed by atoms with van der Waals surface area (Å²) in [6, 6.07) is 0.558. The first-order valence-electron chi connectivity index (χ1n) is 6.79. The first kappa shape index (κ1) is 14.7. The second kappa shape index (κ2) is 8.67. The summed E-state index contributed by atoms with van der Waals surface area (Å²) >= 11 is 1.89.